The Morgan fingerprint density at radius 1 is 1.33 bits per heavy atom. The highest BCUT2D eigenvalue weighted by Crippen LogP contribution is 2.37. The molecule has 15 heavy (non-hydrogen) atoms. The van der Waals surface area contributed by atoms with Crippen molar-refractivity contribution >= 4 is 18.6 Å². The summed E-state index contributed by atoms with van der Waals surface area (Å²) >= 11 is 0. The fraction of sp³-hybridized carbons (Fsp3) is 0.222. The third kappa shape index (κ3) is 3.83. The minimum atomic E-state index is -3.48. The Bertz CT molecular complexity index is 379. The number of benzene rings is 1. The summed E-state index contributed by atoms with van der Waals surface area (Å²) in [4.78, 5) is 19.8. The third-order valence-corrected chi connectivity index (χ3v) is 3.52. The van der Waals surface area contributed by atoms with E-state index in [2.05, 4.69) is 5.32 Å². The molecule has 6 heteroatoms. The Hall–Kier alpha value is -1.16. The van der Waals surface area contributed by atoms with Crippen molar-refractivity contribution in [1.82, 2.24) is 5.32 Å². The molecule has 0 aliphatic rings. The van der Waals surface area contributed by atoms with Gasteiger partial charge in [-0.15, -0.1) is 0 Å². The van der Waals surface area contributed by atoms with Crippen LogP contribution >= 0.6 is 7.37 Å². The number of carboxylic acid groups (broad SMARTS) is 1. The Balaban J connectivity index is 2.60. The van der Waals surface area contributed by atoms with E-state index in [4.69, 9.17) is 5.11 Å². The Labute approximate surface area is 87.2 Å². The molecule has 0 saturated carbocycles. The SMILES string of the molecule is O=C(O)CNCP(=O)(O)c1ccccc1. The molecule has 82 valence electrons. The van der Waals surface area contributed by atoms with Crippen LogP contribution in [0.1, 0.15) is 0 Å². The quantitative estimate of drug-likeness (QED) is 0.628. The van der Waals surface area contributed by atoms with Crippen LogP contribution in [0.3, 0.4) is 0 Å². The van der Waals surface area contributed by atoms with Crippen molar-refractivity contribution in [1.29, 1.82) is 0 Å². The molecule has 0 aliphatic carbocycles. The molecule has 3 N–H and O–H groups in total. The first-order valence-corrected chi connectivity index (χ1v) is 6.17. The van der Waals surface area contributed by atoms with Gasteiger partial charge in [0.2, 0.25) is 7.37 Å². The van der Waals surface area contributed by atoms with Gasteiger partial charge in [-0.05, 0) is 12.1 Å². The molecule has 1 atom stereocenters. The number of aliphatic carboxylic acids is 1. The lowest BCUT2D eigenvalue weighted by molar-refractivity contribution is -0.135. The topological polar surface area (TPSA) is 86.6 Å². The number of carboxylic acids is 1. The van der Waals surface area contributed by atoms with Crippen molar-refractivity contribution in [3.8, 4) is 0 Å². The molecule has 0 fully saturated rings. The highest BCUT2D eigenvalue weighted by Gasteiger charge is 2.20. The largest absolute Gasteiger partial charge is 0.480 e. The number of carbonyl (C=O) groups is 1. The van der Waals surface area contributed by atoms with E-state index in [0.717, 1.165) is 0 Å². The van der Waals surface area contributed by atoms with Crippen LogP contribution in [0.4, 0.5) is 0 Å². The predicted molar refractivity (Wildman–Crippen MR) is 56.4 cm³/mol. The van der Waals surface area contributed by atoms with Crippen LogP contribution in [0.25, 0.3) is 0 Å². The summed E-state index contributed by atoms with van der Waals surface area (Å²) in [5, 5.41) is 11.1. The first kappa shape index (κ1) is 11.9. The summed E-state index contributed by atoms with van der Waals surface area (Å²) < 4.78 is 11.7. The molecule has 0 bridgehead atoms. The van der Waals surface area contributed by atoms with Crippen molar-refractivity contribution in [2.24, 2.45) is 0 Å². The maximum absolute atomic E-state index is 11.7. The fourth-order valence-electron chi connectivity index (χ4n) is 1.07. The normalized spacial score (nSPS) is 14.5. The van der Waals surface area contributed by atoms with E-state index in [1.165, 1.54) is 0 Å². The van der Waals surface area contributed by atoms with Gasteiger partial charge in [0.1, 0.15) is 0 Å². The smallest absolute Gasteiger partial charge is 0.317 e. The summed E-state index contributed by atoms with van der Waals surface area (Å²) in [6.07, 6.45) is -0.233. The van der Waals surface area contributed by atoms with E-state index >= 15 is 0 Å². The molecule has 1 unspecified atom stereocenters. The van der Waals surface area contributed by atoms with Gasteiger partial charge in [0.15, 0.2) is 0 Å². The van der Waals surface area contributed by atoms with E-state index in [1.807, 2.05) is 0 Å². The molecule has 0 spiro atoms. The molecule has 0 amide bonds. The molecule has 0 radical (unpaired) electrons. The molecule has 5 nitrogen and oxygen atoms in total. The van der Waals surface area contributed by atoms with Crippen molar-refractivity contribution < 1.29 is 19.4 Å². The van der Waals surface area contributed by atoms with Gasteiger partial charge in [-0.3, -0.25) is 14.7 Å². The van der Waals surface area contributed by atoms with Crippen molar-refractivity contribution in [3.05, 3.63) is 30.3 Å². The third-order valence-electron chi connectivity index (χ3n) is 1.76. The summed E-state index contributed by atoms with van der Waals surface area (Å²) in [6, 6.07) is 8.16. The zero-order valence-corrected chi connectivity index (χ0v) is 8.85. The van der Waals surface area contributed by atoms with Crippen molar-refractivity contribution in [2.45, 2.75) is 0 Å². The molecule has 0 aromatic heterocycles. The maximum atomic E-state index is 11.7. The van der Waals surface area contributed by atoms with E-state index in [0.29, 0.717) is 5.30 Å². The first-order valence-electron chi connectivity index (χ1n) is 4.32. The minimum Gasteiger partial charge on any atom is -0.480 e. The molecular formula is C9H12NO4P. The Kier molecular flexibility index (Phi) is 4.03. The number of hydrogen-bond acceptors (Lipinski definition) is 3. The van der Waals surface area contributed by atoms with Gasteiger partial charge in [0.25, 0.3) is 0 Å². The van der Waals surface area contributed by atoms with E-state index < -0.39 is 13.3 Å². The number of rotatable bonds is 5. The fourth-order valence-corrected chi connectivity index (χ4v) is 2.30. The van der Waals surface area contributed by atoms with Gasteiger partial charge >= 0.3 is 5.97 Å². The maximum Gasteiger partial charge on any atom is 0.317 e. The molecule has 1 aromatic carbocycles. The van der Waals surface area contributed by atoms with Crippen LogP contribution in [-0.2, 0) is 9.36 Å². The zero-order valence-electron chi connectivity index (χ0n) is 7.96. The second-order valence-corrected chi connectivity index (χ2v) is 5.25. The lowest BCUT2D eigenvalue weighted by Gasteiger charge is -2.11. The van der Waals surface area contributed by atoms with E-state index in [1.54, 1.807) is 30.3 Å². The first-order chi connectivity index (χ1) is 7.02. The summed E-state index contributed by atoms with van der Waals surface area (Å²) in [5.41, 5.74) is 0. The molecule has 0 saturated heterocycles. The van der Waals surface area contributed by atoms with Crippen LogP contribution in [0.5, 0.6) is 0 Å². The average Bonchev–Trinajstić information content (AvgIpc) is 2.18. The predicted octanol–water partition coefficient (Wildman–Crippen LogP) is 0.214. The summed E-state index contributed by atoms with van der Waals surface area (Å²) in [5.74, 6) is -1.05. The molecule has 1 aromatic rings. The van der Waals surface area contributed by atoms with Crippen LogP contribution in [0.15, 0.2) is 30.3 Å². The molecule has 0 aliphatic heterocycles. The van der Waals surface area contributed by atoms with Crippen LogP contribution in [0, 0.1) is 0 Å². The van der Waals surface area contributed by atoms with Crippen molar-refractivity contribution in [2.75, 3.05) is 12.8 Å². The molecule has 0 heterocycles. The van der Waals surface area contributed by atoms with Gasteiger partial charge < -0.3 is 10.00 Å². The van der Waals surface area contributed by atoms with Crippen LogP contribution < -0.4 is 10.6 Å². The summed E-state index contributed by atoms with van der Waals surface area (Å²) in [6.45, 7) is -0.322. The average molecular weight is 229 g/mol. The molecular weight excluding hydrogens is 217 g/mol. The second-order valence-electron chi connectivity index (χ2n) is 3.02. The highest BCUT2D eigenvalue weighted by molar-refractivity contribution is 7.66. The number of nitrogens with one attached hydrogen (secondary N) is 1. The Morgan fingerprint density at radius 2 is 1.93 bits per heavy atom. The Morgan fingerprint density at radius 3 is 2.47 bits per heavy atom. The van der Waals surface area contributed by atoms with Crippen LogP contribution in [0.2, 0.25) is 0 Å². The standard InChI is InChI=1S/C9H12NO4P/c11-9(12)6-10-7-15(13,14)8-4-2-1-3-5-8/h1-5,10H,6-7H2,(H,11,12)(H,13,14). The lowest BCUT2D eigenvalue weighted by atomic mass is 10.4. The van der Waals surface area contributed by atoms with Crippen molar-refractivity contribution in [3.63, 3.8) is 0 Å². The monoisotopic (exact) mass is 229 g/mol. The van der Waals surface area contributed by atoms with Crippen LogP contribution in [-0.4, -0.2) is 28.8 Å². The van der Waals surface area contributed by atoms with Gasteiger partial charge in [-0.1, -0.05) is 18.2 Å². The van der Waals surface area contributed by atoms with E-state index in [-0.39, 0.29) is 12.8 Å². The number of hydrogen-bond donors (Lipinski definition) is 3. The molecule has 1 rings (SSSR count). The second kappa shape index (κ2) is 5.07. The zero-order chi connectivity index (χ0) is 11.3. The highest BCUT2D eigenvalue weighted by atomic mass is 31.2. The van der Waals surface area contributed by atoms with Gasteiger partial charge in [0, 0.05) is 5.30 Å². The van der Waals surface area contributed by atoms with Gasteiger partial charge in [-0.2, -0.15) is 0 Å². The van der Waals surface area contributed by atoms with E-state index in [9.17, 15) is 14.3 Å². The lowest BCUT2D eigenvalue weighted by Crippen LogP contribution is -2.25. The van der Waals surface area contributed by atoms with Gasteiger partial charge in [-0.25, -0.2) is 0 Å². The minimum absolute atomic E-state index is 0.233. The summed E-state index contributed by atoms with van der Waals surface area (Å²) in [7, 11) is -3.48. The van der Waals surface area contributed by atoms with Gasteiger partial charge in [0.05, 0.1) is 12.8 Å².